The van der Waals surface area contributed by atoms with Crippen LogP contribution in [0, 0.1) is 5.92 Å². The van der Waals surface area contributed by atoms with Gasteiger partial charge in [0.1, 0.15) is 11.5 Å². The molecule has 1 aliphatic carbocycles. The zero-order valence-corrected chi connectivity index (χ0v) is 17.9. The van der Waals surface area contributed by atoms with E-state index in [2.05, 4.69) is 18.3 Å². The first-order chi connectivity index (χ1) is 14.6. The normalized spacial score (nSPS) is 15.7. The molecule has 5 heteroatoms. The predicted octanol–water partition coefficient (Wildman–Crippen LogP) is 5.54. The van der Waals surface area contributed by atoms with E-state index < -0.39 is 0 Å². The maximum Gasteiger partial charge on any atom is 0.225 e. The molecule has 0 bridgehead atoms. The Morgan fingerprint density at radius 3 is 2.77 bits per heavy atom. The zero-order valence-electron chi connectivity index (χ0n) is 17.9. The Morgan fingerprint density at radius 2 is 1.97 bits per heavy atom. The van der Waals surface area contributed by atoms with Gasteiger partial charge in [0.2, 0.25) is 11.8 Å². The first-order valence-electron chi connectivity index (χ1n) is 11.4. The van der Waals surface area contributed by atoms with Crippen molar-refractivity contribution in [3.05, 3.63) is 41.7 Å². The number of carbonyl (C=O) groups excluding carboxylic acids is 2. The van der Waals surface area contributed by atoms with Gasteiger partial charge in [-0.05, 0) is 37.5 Å². The van der Waals surface area contributed by atoms with Crippen molar-refractivity contribution in [2.45, 2.75) is 71.3 Å². The number of benzene rings is 1. The van der Waals surface area contributed by atoms with Crippen LogP contribution in [0.1, 0.15) is 69.6 Å². The summed E-state index contributed by atoms with van der Waals surface area (Å²) in [7, 11) is 0. The summed E-state index contributed by atoms with van der Waals surface area (Å²) in [6.07, 6.45) is 9.10. The van der Waals surface area contributed by atoms with Gasteiger partial charge in [-0.15, -0.1) is 0 Å². The van der Waals surface area contributed by atoms with Crippen molar-refractivity contribution >= 4 is 17.5 Å². The molecule has 160 valence electrons. The Balaban J connectivity index is 1.36. The molecule has 0 radical (unpaired) electrons. The summed E-state index contributed by atoms with van der Waals surface area (Å²) in [5.41, 5.74) is 2.85. The Labute approximate surface area is 178 Å². The number of hydrogen-bond acceptors (Lipinski definition) is 3. The molecule has 4 rings (SSSR count). The zero-order chi connectivity index (χ0) is 20.9. The smallest absolute Gasteiger partial charge is 0.225 e. The van der Waals surface area contributed by atoms with Crippen LogP contribution < -0.4 is 5.32 Å². The summed E-state index contributed by atoms with van der Waals surface area (Å²) in [6.45, 7) is 3.57. The van der Waals surface area contributed by atoms with Crippen LogP contribution in [-0.2, 0) is 22.6 Å². The largest absolute Gasteiger partial charge is 0.461 e. The molecule has 0 spiro atoms. The molecular formula is C25H32N2O3. The van der Waals surface area contributed by atoms with Gasteiger partial charge in [-0.2, -0.15) is 0 Å². The molecule has 1 fully saturated rings. The number of amides is 2. The molecule has 2 amide bonds. The van der Waals surface area contributed by atoms with Gasteiger partial charge in [0.15, 0.2) is 0 Å². The first kappa shape index (κ1) is 20.7. The first-order valence-corrected chi connectivity index (χ1v) is 11.4. The molecule has 2 aromatic rings. The van der Waals surface area contributed by atoms with Crippen LogP contribution in [0.3, 0.4) is 0 Å². The maximum atomic E-state index is 12.4. The van der Waals surface area contributed by atoms with Gasteiger partial charge in [0.25, 0.3) is 0 Å². The number of nitrogens with one attached hydrogen (secondary N) is 1. The fourth-order valence-corrected chi connectivity index (χ4v) is 4.11. The summed E-state index contributed by atoms with van der Waals surface area (Å²) < 4.78 is 6.11. The van der Waals surface area contributed by atoms with E-state index >= 15 is 0 Å². The van der Waals surface area contributed by atoms with Crippen LogP contribution in [0.25, 0.3) is 11.3 Å². The van der Waals surface area contributed by atoms with E-state index in [4.69, 9.17) is 4.42 Å². The summed E-state index contributed by atoms with van der Waals surface area (Å²) in [6, 6.07) is 9.87. The molecule has 0 unspecified atom stereocenters. The Hall–Kier alpha value is -2.56. The Kier molecular flexibility index (Phi) is 6.56. The minimum absolute atomic E-state index is 0.0663. The highest BCUT2D eigenvalue weighted by atomic mass is 16.3. The van der Waals surface area contributed by atoms with E-state index in [1.54, 1.807) is 0 Å². The van der Waals surface area contributed by atoms with Crippen molar-refractivity contribution in [1.82, 2.24) is 4.90 Å². The van der Waals surface area contributed by atoms with Crippen LogP contribution in [0.4, 0.5) is 5.69 Å². The number of fused-ring (bicyclic) bond motifs is 1. The lowest BCUT2D eigenvalue weighted by Gasteiger charge is -2.26. The van der Waals surface area contributed by atoms with Gasteiger partial charge < -0.3 is 14.6 Å². The maximum absolute atomic E-state index is 12.4. The van der Waals surface area contributed by atoms with Gasteiger partial charge in [0.05, 0.1) is 0 Å². The van der Waals surface area contributed by atoms with E-state index in [0.717, 1.165) is 67.0 Å². The fraction of sp³-hybridized carbons (Fsp3) is 0.520. The molecule has 2 aliphatic rings. The molecule has 0 atom stereocenters. The molecule has 0 saturated heterocycles. The average Bonchev–Trinajstić information content (AvgIpc) is 3.51. The van der Waals surface area contributed by atoms with E-state index in [1.807, 2.05) is 29.2 Å². The third-order valence-electron chi connectivity index (χ3n) is 6.04. The second kappa shape index (κ2) is 9.50. The highest BCUT2D eigenvalue weighted by Gasteiger charge is 2.35. The average molecular weight is 409 g/mol. The lowest BCUT2D eigenvalue weighted by atomic mass is 10.1. The quantitative estimate of drug-likeness (QED) is 0.554. The molecule has 30 heavy (non-hydrogen) atoms. The summed E-state index contributed by atoms with van der Waals surface area (Å²) in [4.78, 5) is 26.6. The van der Waals surface area contributed by atoms with Gasteiger partial charge in [-0.3, -0.25) is 9.59 Å². The van der Waals surface area contributed by atoms with Crippen LogP contribution in [-0.4, -0.2) is 23.3 Å². The highest BCUT2D eigenvalue weighted by Crippen LogP contribution is 2.35. The number of hydrogen-bond donors (Lipinski definition) is 1. The van der Waals surface area contributed by atoms with Crippen molar-refractivity contribution in [3.8, 4) is 11.3 Å². The molecule has 2 heterocycles. The standard InChI is InChI=1S/C25H32N2O3/c1-2-3-4-5-6-10-24(28)26-21-9-7-8-19(15-21)23-16-20-17-27(14-13-22(20)30-23)25(29)18-11-12-18/h7-9,15-16,18H,2-6,10-14,17H2,1H3,(H,26,28). The van der Waals surface area contributed by atoms with Crippen molar-refractivity contribution in [3.63, 3.8) is 0 Å². The highest BCUT2D eigenvalue weighted by molar-refractivity contribution is 5.91. The van der Waals surface area contributed by atoms with E-state index in [-0.39, 0.29) is 11.8 Å². The molecule has 1 aromatic carbocycles. The van der Waals surface area contributed by atoms with E-state index in [1.165, 1.54) is 19.3 Å². The van der Waals surface area contributed by atoms with Gasteiger partial charge in [-0.25, -0.2) is 0 Å². The van der Waals surface area contributed by atoms with Gasteiger partial charge in [-0.1, -0.05) is 44.7 Å². The third kappa shape index (κ3) is 5.13. The minimum atomic E-state index is 0.0663. The fourth-order valence-electron chi connectivity index (χ4n) is 4.11. The number of anilines is 1. The summed E-state index contributed by atoms with van der Waals surface area (Å²) >= 11 is 0. The molecule has 1 N–H and O–H groups in total. The van der Waals surface area contributed by atoms with Gasteiger partial charge >= 0.3 is 0 Å². The number of unbranched alkanes of at least 4 members (excludes halogenated alkanes) is 4. The lowest BCUT2D eigenvalue weighted by Crippen LogP contribution is -2.36. The van der Waals surface area contributed by atoms with Crippen LogP contribution in [0.5, 0.6) is 0 Å². The Morgan fingerprint density at radius 1 is 1.13 bits per heavy atom. The van der Waals surface area contributed by atoms with Crippen molar-refractivity contribution in [1.29, 1.82) is 0 Å². The lowest BCUT2D eigenvalue weighted by molar-refractivity contribution is -0.133. The summed E-state index contributed by atoms with van der Waals surface area (Å²) in [5.74, 6) is 2.40. The molecule has 5 nitrogen and oxygen atoms in total. The van der Waals surface area contributed by atoms with E-state index in [0.29, 0.717) is 18.9 Å². The van der Waals surface area contributed by atoms with Crippen LogP contribution in [0.2, 0.25) is 0 Å². The number of nitrogens with zero attached hydrogens (tertiary/aromatic N) is 1. The minimum Gasteiger partial charge on any atom is -0.461 e. The topological polar surface area (TPSA) is 62.6 Å². The molecule has 1 saturated carbocycles. The van der Waals surface area contributed by atoms with Gasteiger partial charge in [0, 0.05) is 48.7 Å². The SMILES string of the molecule is CCCCCCCC(=O)Nc1cccc(-c2cc3c(o2)CCN(C(=O)C2CC2)C3)c1. The Bertz CT molecular complexity index is 898. The van der Waals surface area contributed by atoms with Crippen molar-refractivity contribution in [2.24, 2.45) is 5.92 Å². The monoisotopic (exact) mass is 408 g/mol. The van der Waals surface area contributed by atoms with Crippen LogP contribution >= 0.6 is 0 Å². The number of rotatable bonds is 9. The van der Waals surface area contributed by atoms with E-state index in [9.17, 15) is 9.59 Å². The van der Waals surface area contributed by atoms with Crippen molar-refractivity contribution < 1.29 is 14.0 Å². The number of carbonyl (C=O) groups is 2. The molecule has 1 aliphatic heterocycles. The second-order valence-electron chi connectivity index (χ2n) is 8.64. The van der Waals surface area contributed by atoms with Crippen molar-refractivity contribution in [2.75, 3.05) is 11.9 Å². The third-order valence-corrected chi connectivity index (χ3v) is 6.04. The molecule has 1 aromatic heterocycles. The predicted molar refractivity (Wildman–Crippen MR) is 118 cm³/mol. The second-order valence-corrected chi connectivity index (χ2v) is 8.64. The van der Waals surface area contributed by atoms with Crippen LogP contribution in [0.15, 0.2) is 34.7 Å². The summed E-state index contributed by atoms with van der Waals surface area (Å²) in [5, 5.41) is 3.01. The number of furan rings is 1. The molecular weight excluding hydrogens is 376 g/mol.